The minimum Gasteiger partial charge on any atom is -0.481 e. The third kappa shape index (κ3) is 11.3. The molecular formula is C14H26N2O3. The van der Waals surface area contributed by atoms with Crippen molar-refractivity contribution in [1.29, 1.82) is 0 Å². The smallest absolute Gasteiger partial charge is 0.315 e. The van der Waals surface area contributed by atoms with E-state index in [4.69, 9.17) is 5.11 Å². The van der Waals surface area contributed by atoms with Gasteiger partial charge in [0.25, 0.3) is 0 Å². The van der Waals surface area contributed by atoms with Gasteiger partial charge in [0.1, 0.15) is 0 Å². The Morgan fingerprint density at radius 2 is 1.89 bits per heavy atom. The molecule has 0 saturated carbocycles. The quantitative estimate of drug-likeness (QED) is 0.563. The van der Waals surface area contributed by atoms with Gasteiger partial charge in [-0.05, 0) is 32.6 Å². The molecule has 0 aromatic rings. The number of aliphatic carboxylic acids is 1. The summed E-state index contributed by atoms with van der Waals surface area (Å²) in [6.07, 6.45) is 4.58. The lowest BCUT2D eigenvalue weighted by molar-refractivity contribution is -0.137. The lowest BCUT2D eigenvalue weighted by Crippen LogP contribution is -2.36. The van der Waals surface area contributed by atoms with Gasteiger partial charge in [-0.25, -0.2) is 4.79 Å². The highest BCUT2D eigenvalue weighted by molar-refractivity contribution is 5.73. The largest absolute Gasteiger partial charge is 0.481 e. The summed E-state index contributed by atoms with van der Waals surface area (Å²) in [6.45, 7) is 7.12. The molecule has 0 saturated heterocycles. The Hall–Kier alpha value is -1.52. The van der Waals surface area contributed by atoms with Gasteiger partial charge in [-0.1, -0.05) is 25.0 Å². The van der Waals surface area contributed by atoms with Gasteiger partial charge < -0.3 is 15.7 Å². The van der Waals surface area contributed by atoms with Crippen molar-refractivity contribution in [2.45, 2.75) is 46.5 Å². The Balaban J connectivity index is 3.71. The van der Waals surface area contributed by atoms with Gasteiger partial charge in [-0.2, -0.15) is 0 Å². The van der Waals surface area contributed by atoms with E-state index in [0.29, 0.717) is 25.4 Å². The van der Waals surface area contributed by atoms with Crippen LogP contribution in [0, 0.1) is 5.92 Å². The van der Waals surface area contributed by atoms with Crippen LogP contribution in [-0.4, -0.2) is 30.2 Å². The molecule has 1 atom stereocenters. The molecule has 0 aliphatic carbocycles. The van der Waals surface area contributed by atoms with E-state index in [1.165, 1.54) is 5.57 Å². The van der Waals surface area contributed by atoms with Gasteiger partial charge in [0.15, 0.2) is 0 Å². The highest BCUT2D eigenvalue weighted by Gasteiger charge is 2.09. The van der Waals surface area contributed by atoms with E-state index in [0.717, 1.165) is 12.8 Å². The molecule has 5 nitrogen and oxygen atoms in total. The maximum absolute atomic E-state index is 11.4. The van der Waals surface area contributed by atoms with E-state index < -0.39 is 5.97 Å². The fourth-order valence-electron chi connectivity index (χ4n) is 1.68. The van der Waals surface area contributed by atoms with Gasteiger partial charge in [0.2, 0.25) is 0 Å². The number of rotatable bonds is 9. The summed E-state index contributed by atoms with van der Waals surface area (Å²) in [5, 5.41) is 14.1. The van der Waals surface area contributed by atoms with Crippen molar-refractivity contribution < 1.29 is 14.7 Å². The molecule has 0 aromatic carbocycles. The zero-order chi connectivity index (χ0) is 14.7. The lowest BCUT2D eigenvalue weighted by Gasteiger charge is -2.14. The number of amides is 2. The van der Waals surface area contributed by atoms with Crippen molar-refractivity contribution in [3.8, 4) is 0 Å². The second kappa shape index (κ2) is 10.4. The summed E-state index contributed by atoms with van der Waals surface area (Å²) < 4.78 is 0. The fraction of sp³-hybridized carbons (Fsp3) is 0.714. The molecule has 0 fully saturated rings. The number of allylic oxidation sites excluding steroid dienone is 1. The van der Waals surface area contributed by atoms with Crippen LogP contribution < -0.4 is 10.6 Å². The van der Waals surface area contributed by atoms with Crippen LogP contribution in [0.5, 0.6) is 0 Å². The average Bonchev–Trinajstić information content (AvgIpc) is 2.32. The van der Waals surface area contributed by atoms with Crippen molar-refractivity contribution in [2.75, 3.05) is 13.1 Å². The van der Waals surface area contributed by atoms with E-state index in [2.05, 4.69) is 10.6 Å². The Labute approximate surface area is 115 Å². The van der Waals surface area contributed by atoms with Crippen molar-refractivity contribution in [2.24, 2.45) is 5.92 Å². The average molecular weight is 270 g/mol. The van der Waals surface area contributed by atoms with Gasteiger partial charge in [0, 0.05) is 19.5 Å². The highest BCUT2D eigenvalue weighted by Crippen LogP contribution is 2.14. The zero-order valence-electron chi connectivity index (χ0n) is 12.2. The van der Waals surface area contributed by atoms with Gasteiger partial charge in [-0.15, -0.1) is 0 Å². The molecule has 0 radical (unpaired) electrons. The predicted molar refractivity (Wildman–Crippen MR) is 76.1 cm³/mol. The number of nitrogens with one attached hydrogen (secondary N) is 2. The lowest BCUT2D eigenvalue weighted by atomic mass is 9.97. The topological polar surface area (TPSA) is 78.4 Å². The van der Waals surface area contributed by atoms with Crippen LogP contribution in [0.15, 0.2) is 11.6 Å². The van der Waals surface area contributed by atoms with Crippen molar-refractivity contribution in [3.05, 3.63) is 11.6 Å². The first-order valence-corrected chi connectivity index (χ1v) is 6.82. The Morgan fingerprint density at radius 3 is 2.42 bits per heavy atom. The van der Waals surface area contributed by atoms with Crippen LogP contribution in [0.3, 0.4) is 0 Å². The van der Waals surface area contributed by atoms with Crippen molar-refractivity contribution in [1.82, 2.24) is 10.6 Å². The number of carboxylic acids is 1. The van der Waals surface area contributed by atoms with Crippen LogP contribution in [0.4, 0.5) is 4.79 Å². The first-order valence-electron chi connectivity index (χ1n) is 6.82. The van der Waals surface area contributed by atoms with Crippen LogP contribution in [-0.2, 0) is 4.79 Å². The molecule has 5 heteroatoms. The highest BCUT2D eigenvalue weighted by atomic mass is 16.4. The second-order valence-electron chi connectivity index (χ2n) is 4.91. The predicted octanol–water partition coefficient (Wildman–Crippen LogP) is 2.53. The van der Waals surface area contributed by atoms with E-state index in [-0.39, 0.29) is 12.5 Å². The second-order valence-corrected chi connectivity index (χ2v) is 4.91. The Bertz CT molecular complexity index is 310. The van der Waals surface area contributed by atoms with Gasteiger partial charge in [0.05, 0.1) is 0 Å². The van der Waals surface area contributed by atoms with E-state index in [1.54, 1.807) is 0 Å². The molecule has 3 N–H and O–H groups in total. The molecule has 0 rings (SSSR count). The number of hydrogen-bond acceptors (Lipinski definition) is 2. The molecule has 0 heterocycles. The maximum atomic E-state index is 11.4. The number of hydrogen-bond donors (Lipinski definition) is 3. The molecule has 0 aromatic heterocycles. The minimum absolute atomic E-state index is 0.175. The first kappa shape index (κ1) is 17.5. The number of carboxylic acid groups (broad SMARTS) is 1. The summed E-state index contributed by atoms with van der Waals surface area (Å²) in [6, 6.07) is -0.175. The molecule has 1 unspecified atom stereocenters. The first-order chi connectivity index (χ1) is 8.95. The van der Waals surface area contributed by atoms with Crippen molar-refractivity contribution >= 4 is 12.0 Å². The van der Waals surface area contributed by atoms with Crippen LogP contribution in [0.1, 0.15) is 46.5 Å². The summed E-state index contributed by atoms with van der Waals surface area (Å²) in [5.74, 6) is -0.403. The zero-order valence-corrected chi connectivity index (χ0v) is 12.2. The van der Waals surface area contributed by atoms with Crippen LogP contribution >= 0.6 is 0 Å². The van der Waals surface area contributed by atoms with Gasteiger partial charge in [-0.3, -0.25) is 4.79 Å². The summed E-state index contributed by atoms with van der Waals surface area (Å²) in [4.78, 5) is 21.9. The maximum Gasteiger partial charge on any atom is 0.315 e. The minimum atomic E-state index is -0.758. The van der Waals surface area contributed by atoms with E-state index in [9.17, 15) is 9.59 Å². The SMILES string of the molecule is CCC(CCNC(=O)NCC=C(C)C)CCC(=O)O. The molecule has 0 spiro atoms. The molecule has 0 aliphatic heterocycles. The Morgan fingerprint density at radius 1 is 1.21 bits per heavy atom. The van der Waals surface area contributed by atoms with Crippen LogP contribution in [0.25, 0.3) is 0 Å². The number of carbonyl (C=O) groups is 2. The molecule has 19 heavy (non-hydrogen) atoms. The fourth-order valence-corrected chi connectivity index (χ4v) is 1.68. The normalized spacial score (nSPS) is 11.5. The summed E-state index contributed by atoms with van der Waals surface area (Å²) >= 11 is 0. The standard InChI is InChI=1S/C14H26N2O3/c1-4-12(5-6-13(17)18)8-10-16-14(19)15-9-7-11(2)3/h7,12H,4-6,8-10H2,1-3H3,(H,17,18)(H2,15,16,19). The summed E-state index contributed by atoms with van der Waals surface area (Å²) in [7, 11) is 0. The molecule has 0 bridgehead atoms. The Kier molecular flexibility index (Phi) is 9.57. The van der Waals surface area contributed by atoms with Gasteiger partial charge >= 0.3 is 12.0 Å². The molecule has 110 valence electrons. The number of carbonyl (C=O) groups excluding carboxylic acids is 1. The molecule has 2 amide bonds. The summed E-state index contributed by atoms with van der Waals surface area (Å²) in [5.41, 5.74) is 1.17. The molecule has 0 aliphatic rings. The van der Waals surface area contributed by atoms with Crippen molar-refractivity contribution in [3.63, 3.8) is 0 Å². The third-order valence-electron chi connectivity index (χ3n) is 2.95. The third-order valence-corrected chi connectivity index (χ3v) is 2.95. The van der Waals surface area contributed by atoms with E-state index >= 15 is 0 Å². The monoisotopic (exact) mass is 270 g/mol. The van der Waals surface area contributed by atoms with E-state index in [1.807, 2.05) is 26.8 Å². The molecular weight excluding hydrogens is 244 g/mol. The van der Waals surface area contributed by atoms with Crippen LogP contribution in [0.2, 0.25) is 0 Å². The number of urea groups is 1.